The Bertz CT molecular complexity index is 979. The number of nitrogens with zero attached hydrogens (tertiary/aromatic N) is 1. The van der Waals surface area contributed by atoms with Gasteiger partial charge in [-0.05, 0) is 30.3 Å². The number of nitrogens with one attached hydrogen (secondary N) is 1. The molecule has 0 saturated heterocycles. The van der Waals surface area contributed by atoms with Crippen LogP contribution >= 0.6 is 11.3 Å². The molecule has 2 aliphatic rings. The first-order valence-electron chi connectivity index (χ1n) is 6.95. The van der Waals surface area contributed by atoms with E-state index in [9.17, 15) is 4.79 Å². The highest BCUT2D eigenvalue weighted by atomic mass is 32.1. The van der Waals surface area contributed by atoms with Crippen LogP contribution in [0.3, 0.4) is 0 Å². The molecule has 2 aromatic rings. The van der Waals surface area contributed by atoms with Crippen LogP contribution in [-0.4, -0.2) is 4.98 Å². The Kier molecular flexibility index (Phi) is 3.09. The topological polar surface area (TPSA) is 42.0 Å². The molecule has 22 heavy (non-hydrogen) atoms. The van der Waals surface area contributed by atoms with Gasteiger partial charge >= 0.3 is 0 Å². The van der Waals surface area contributed by atoms with E-state index in [1.807, 2.05) is 60.7 Å². The quantitative estimate of drug-likeness (QED) is 0.554. The number of anilines is 2. The Labute approximate surface area is 131 Å². The molecule has 0 atom stereocenters. The van der Waals surface area contributed by atoms with Gasteiger partial charge in [0.2, 0.25) is 5.43 Å². The van der Waals surface area contributed by atoms with Crippen molar-refractivity contribution in [1.29, 1.82) is 0 Å². The molecule has 106 valence electrons. The zero-order valence-electron chi connectivity index (χ0n) is 11.6. The Balaban J connectivity index is 1.87. The Morgan fingerprint density at radius 3 is 2.55 bits per heavy atom. The van der Waals surface area contributed by atoms with Crippen LogP contribution in [0.15, 0.2) is 71.5 Å². The molecule has 0 amide bonds. The van der Waals surface area contributed by atoms with Crippen LogP contribution in [0, 0.1) is 0 Å². The first-order chi connectivity index (χ1) is 10.8. The Morgan fingerprint density at radius 2 is 1.68 bits per heavy atom. The molecule has 1 aliphatic heterocycles. The van der Waals surface area contributed by atoms with Gasteiger partial charge in [0.1, 0.15) is 0 Å². The summed E-state index contributed by atoms with van der Waals surface area (Å²) in [7, 11) is 0. The standard InChI is InChI=1S/C18H12N2OS/c21-16-11-18-15(20-13-8-4-5-9-17(13)22-18)10-14(16)19-12-6-2-1-3-7-12/h1-11,19H. The molecule has 0 bridgehead atoms. The maximum absolute atomic E-state index is 12.3. The van der Waals surface area contributed by atoms with E-state index in [4.69, 9.17) is 0 Å². The van der Waals surface area contributed by atoms with E-state index in [0.717, 1.165) is 26.5 Å². The maximum Gasteiger partial charge on any atom is 0.203 e. The van der Waals surface area contributed by atoms with Gasteiger partial charge < -0.3 is 5.32 Å². The lowest BCUT2D eigenvalue weighted by Gasteiger charge is -2.10. The van der Waals surface area contributed by atoms with E-state index in [0.29, 0.717) is 5.69 Å². The van der Waals surface area contributed by atoms with Crippen molar-refractivity contribution in [2.45, 2.75) is 0 Å². The molecule has 3 nitrogen and oxygen atoms in total. The lowest BCUT2D eigenvalue weighted by atomic mass is 10.2. The zero-order valence-corrected chi connectivity index (χ0v) is 12.4. The van der Waals surface area contributed by atoms with Crippen molar-refractivity contribution in [3.05, 3.63) is 77.0 Å². The van der Waals surface area contributed by atoms with Gasteiger partial charge in [0.25, 0.3) is 0 Å². The van der Waals surface area contributed by atoms with Crippen molar-refractivity contribution in [2.75, 3.05) is 5.32 Å². The number of aromatic nitrogens is 1. The number of hydrogen-bond donors (Lipinski definition) is 1. The molecule has 4 rings (SSSR count). The molecule has 1 heterocycles. The fourth-order valence-corrected chi connectivity index (χ4v) is 3.35. The number of fused-ring (bicyclic) bond motifs is 2. The first-order valence-corrected chi connectivity index (χ1v) is 7.77. The molecule has 0 aromatic heterocycles. The van der Waals surface area contributed by atoms with Gasteiger partial charge in [-0.1, -0.05) is 30.3 Å². The summed E-state index contributed by atoms with van der Waals surface area (Å²) < 4.78 is 1.08. The van der Waals surface area contributed by atoms with Crippen LogP contribution in [0.1, 0.15) is 0 Å². The van der Waals surface area contributed by atoms with E-state index in [2.05, 4.69) is 10.3 Å². The van der Waals surface area contributed by atoms with Crippen molar-refractivity contribution in [1.82, 2.24) is 4.98 Å². The number of para-hydroxylation sites is 2. The molecular formula is C18H12N2OS. The van der Waals surface area contributed by atoms with Crippen LogP contribution in [-0.2, 0) is 0 Å². The summed E-state index contributed by atoms with van der Waals surface area (Å²) in [5.41, 5.74) is 3.20. The van der Waals surface area contributed by atoms with Crippen LogP contribution in [0.2, 0.25) is 0 Å². The van der Waals surface area contributed by atoms with Crippen LogP contribution < -0.4 is 10.7 Å². The number of hydrogen-bond acceptors (Lipinski definition) is 4. The number of benzene rings is 3. The summed E-state index contributed by atoms with van der Waals surface area (Å²) in [6.07, 6.45) is 0. The predicted molar refractivity (Wildman–Crippen MR) is 92.2 cm³/mol. The van der Waals surface area contributed by atoms with Gasteiger partial charge in [0, 0.05) is 11.8 Å². The minimum atomic E-state index is -0.0234. The summed E-state index contributed by atoms with van der Waals surface area (Å²) in [5.74, 6) is 0. The van der Waals surface area contributed by atoms with Crippen molar-refractivity contribution >= 4 is 32.9 Å². The SMILES string of the molecule is O=c1cc2sc3ccccc3nc-2cc1Nc1ccccc1. The fraction of sp³-hybridized carbons (Fsp3) is 0. The van der Waals surface area contributed by atoms with Gasteiger partial charge in [-0.2, -0.15) is 0 Å². The molecule has 0 saturated carbocycles. The highest BCUT2D eigenvalue weighted by Crippen LogP contribution is 2.31. The second-order valence-corrected chi connectivity index (χ2v) is 6.07. The number of rotatable bonds is 2. The molecule has 1 aliphatic carbocycles. The van der Waals surface area contributed by atoms with Crippen LogP contribution in [0.25, 0.3) is 20.8 Å². The highest BCUT2D eigenvalue weighted by molar-refractivity contribution is 7.21. The lowest BCUT2D eigenvalue weighted by Crippen LogP contribution is -2.08. The molecule has 2 aromatic carbocycles. The third-order valence-corrected chi connectivity index (χ3v) is 4.55. The summed E-state index contributed by atoms with van der Waals surface area (Å²) in [6, 6.07) is 21.1. The Hall–Kier alpha value is -2.72. The minimum Gasteiger partial charge on any atom is -0.352 e. The fourth-order valence-electron chi connectivity index (χ4n) is 2.38. The van der Waals surface area contributed by atoms with Gasteiger partial charge in [-0.3, -0.25) is 4.79 Å². The normalized spacial score (nSPS) is 10.9. The van der Waals surface area contributed by atoms with E-state index in [1.165, 1.54) is 0 Å². The molecule has 0 unspecified atom stereocenters. The van der Waals surface area contributed by atoms with Gasteiger partial charge in [-0.15, -0.1) is 11.3 Å². The molecule has 0 spiro atoms. The first kappa shape index (κ1) is 13.0. The summed E-state index contributed by atoms with van der Waals surface area (Å²) in [4.78, 5) is 17.8. The van der Waals surface area contributed by atoms with Gasteiger partial charge in [0.15, 0.2) is 0 Å². The lowest BCUT2D eigenvalue weighted by molar-refractivity contribution is 1.39. The van der Waals surface area contributed by atoms with E-state index >= 15 is 0 Å². The molecule has 0 fully saturated rings. The molecular weight excluding hydrogens is 292 g/mol. The van der Waals surface area contributed by atoms with Crippen LogP contribution in [0.4, 0.5) is 11.4 Å². The second-order valence-electron chi connectivity index (χ2n) is 4.99. The van der Waals surface area contributed by atoms with Crippen molar-refractivity contribution in [3.63, 3.8) is 0 Å². The third kappa shape index (κ3) is 2.34. The second kappa shape index (κ2) is 5.24. The van der Waals surface area contributed by atoms with Crippen LogP contribution in [0.5, 0.6) is 0 Å². The maximum atomic E-state index is 12.3. The average Bonchev–Trinajstić information content (AvgIpc) is 2.55. The van der Waals surface area contributed by atoms with Gasteiger partial charge in [0.05, 0.1) is 26.5 Å². The van der Waals surface area contributed by atoms with Crippen molar-refractivity contribution < 1.29 is 0 Å². The van der Waals surface area contributed by atoms with E-state index in [-0.39, 0.29) is 5.43 Å². The zero-order chi connectivity index (χ0) is 14.9. The molecule has 0 radical (unpaired) electrons. The summed E-state index contributed by atoms with van der Waals surface area (Å²) in [6.45, 7) is 0. The molecule has 4 heteroatoms. The minimum absolute atomic E-state index is 0.0234. The average molecular weight is 304 g/mol. The van der Waals surface area contributed by atoms with Crippen molar-refractivity contribution in [3.8, 4) is 10.6 Å². The Morgan fingerprint density at radius 1 is 0.909 bits per heavy atom. The van der Waals surface area contributed by atoms with Crippen molar-refractivity contribution in [2.24, 2.45) is 0 Å². The predicted octanol–water partition coefficient (Wildman–Crippen LogP) is 4.50. The van der Waals surface area contributed by atoms with E-state index < -0.39 is 0 Å². The van der Waals surface area contributed by atoms with E-state index in [1.54, 1.807) is 17.4 Å². The largest absolute Gasteiger partial charge is 0.352 e. The summed E-state index contributed by atoms with van der Waals surface area (Å²) in [5, 5.41) is 3.16. The van der Waals surface area contributed by atoms with Gasteiger partial charge in [-0.25, -0.2) is 4.98 Å². The summed E-state index contributed by atoms with van der Waals surface area (Å²) >= 11 is 1.59. The monoisotopic (exact) mass is 304 g/mol. The smallest absolute Gasteiger partial charge is 0.203 e. The third-order valence-electron chi connectivity index (χ3n) is 3.44. The highest BCUT2D eigenvalue weighted by Gasteiger charge is 2.11. The molecule has 1 N–H and O–H groups in total.